The van der Waals surface area contributed by atoms with E-state index in [2.05, 4.69) is 17.0 Å². The number of carboxylic acids is 1. The number of carboxylic acid groups (broad SMARTS) is 1. The highest BCUT2D eigenvalue weighted by Gasteiger charge is 2.62. The highest BCUT2D eigenvalue weighted by atomic mass is 32.1. The zero-order chi connectivity index (χ0) is 25.1. The fourth-order valence-electron chi connectivity index (χ4n) is 4.03. The van der Waals surface area contributed by atoms with Gasteiger partial charge in [-0.15, -0.1) is 5.10 Å². The van der Waals surface area contributed by atoms with Crippen LogP contribution in [0.2, 0.25) is 0 Å². The SMILES string of the molecule is CCC[C@@](C)(S)CN(CC)c1nc(-n2ccc(OCCC3(C(F)(F)F)CC3)n2)ccc1C(=O)O. The van der Waals surface area contributed by atoms with Crippen LogP contribution in [0.15, 0.2) is 24.4 Å². The summed E-state index contributed by atoms with van der Waals surface area (Å²) in [5.74, 6) is -0.227. The van der Waals surface area contributed by atoms with E-state index in [4.69, 9.17) is 17.4 Å². The molecule has 2 heterocycles. The Morgan fingerprint density at radius 2 is 2.00 bits per heavy atom. The minimum Gasteiger partial charge on any atom is -0.478 e. The van der Waals surface area contributed by atoms with E-state index in [-0.39, 0.29) is 42.1 Å². The van der Waals surface area contributed by atoms with E-state index in [1.54, 1.807) is 12.3 Å². The van der Waals surface area contributed by atoms with Crippen molar-refractivity contribution < 1.29 is 27.8 Å². The number of hydrogen-bond donors (Lipinski definition) is 2. The van der Waals surface area contributed by atoms with Crippen molar-refractivity contribution in [1.29, 1.82) is 0 Å². The van der Waals surface area contributed by atoms with Gasteiger partial charge < -0.3 is 14.7 Å². The Balaban J connectivity index is 1.77. The fraction of sp³-hybridized carbons (Fsp3) is 0.609. The standard InChI is InChI=1S/C23H31F3N4O3S/c1-4-9-21(3,34)15-29(5-2)19-16(20(31)32)6-7-17(27-19)30-13-8-18(28-30)33-14-12-22(10-11-22)23(24,25)26/h6-8,13,34H,4-5,9-12,14-15H2,1-3H3,(H,31,32)/t21-/m1/s1. The lowest BCUT2D eigenvalue weighted by Crippen LogP contribution is -2.38. The molecule has 7 nitrogen and oxygen atoms in total. The Labute approximate surface area is 202 Å². The van der Waals surface area contributed by atoms with Crippen LogP contribution < -0.4 is 9.64 Å². The summed E-state index contributed by atoms with van der Waals surface area (Å²) in [6, 6.07) is 4.55. The van der Waals surface area contributed by atoms with Crippen LogP contribution in [-0.4, -0.2) is 56.5 Å². The largest absolute Gasteiger partial charge is 0.478 e. The first-order chi connectivity index (χ1) is 15.9. The number of nitrogens with zero attached hydrogens (tertiary/aromatic N) is 4. The van der Waals surface area contributed by atoms with Crippen molar-refractivity contribution in [3.63, 3.8) is 0 Å². The third kappa shape index (κ3) is 5.97. The molecule has 1 fully saturated rings. The molecule has 188 valence electrons. The van der Waals surface area contributed by atoms with Gasteiger partial charge in [-0.05, 0) is 51.7 Å². The van der Waals surface area contributed by atoms with E-state index >= 15 is 0 Å². The van der Waals surface area contributed by atoms with Crippen LogP contribution >= 0.6 is 12.6 Å². The van der Waals surface area contributed by atoms with Crippen molar-refractivity contribution in [3.8, 4) is 11.7 Å². The third-order valence-electron chi connectivity index (χ3n) is 6.18. The molecule has 1 N–H and O–H groups in total. The maximum absolute atomic E-state index is 13.1. The number of anilines is 1. The number of hydrogen-bond acceptors (Lipinski definition) is 6. The second-order valence-electron chi connectivity index (χ2n) is 9.08. The molecule has 2 aromatic rings. The number of carbonyl (C=O) groups is 1. The highest BCUT2D eigenvalue weighted by molar-refractivity contribution is 7.81. The zero-order valence-electron chi connectivity index (χ0n) is 19.6. The second-order valence-corrected chi connectivity index (χ2v) is 10.2. The Bertz CT molecular complexity index is 1010. The van der Waals surface area contributed by atoms with E-state index in [1.807, 2.05) is 18.7 Å². The quantitative estimate of drug-likeness (QED) is 0.380. The van der Waals surface area contributed by atoms with Crippen molar-refractivity contribution in [2.24, 2.45) is 5.41 Å². The number of pyridine rings is 1. The van der Waals surface area contributed by atoms with Gasteiger partial charge in [-0.1, -0.05) is 13.3 Å². The predicted octanol–water partition coefficient (Wildman–Crippen LogP) is 5.39. The van der Waals surface area contributed by atoms with Crippen molar-refractivity contribution in [3.05, 3.63) is 30.0 Å². The van der Waals surface area contributed by atoms with Gasteiger partial charge in [0.15, 0.2) is 5.82 Å². The molecule has 0 amide bonds. The van der Waals surface area contributed by atoms with E-state index < -0.39 is 17.6 Å². The van der Waals surface area contributed by atoms with Crippen LogP contribution in [0.1, 0.15) is 63.2 Å². The van der Waals surface area contributed by atoms with Crippen LogP contribution in [0, 0.1) is 5.41 Å². The second kappa shape index (κ2) is 10.1. The van der Waals surface area contributed by atoms with Crippen molar-refractivity contribution >= 4 is 24.4 Å². The van der Waals surface area contributed by atoms with Crippen LogP contribution in [0.4, 0.5) is 19.0 Å². The van der Waals surface area contributed by atoms with Crippen molar-refractivity contribution in [2.75, 3.05) is 24.6 Å². The summed E-state index contributed by atoms with van der Waals surface area (Å²) in [6.45, 7) is 6.94. The van der Waals surface area contributed by atoms with Gasteiger partial charge in [-0.2, -0.15) is 25.8 Å². The molecular formula is C23H31F3N4O3S. The molecule has 0 aliphatic heterocycles. The molecule has 0 bridgehead atoms. The maximum atomic E-state index is 13.1. The van der Waals surface area contributed by atoms with Crippen LogP contribution in [0.5, 0.6) is 5.88 Å². The average Bonchev–Trinajstić information content (AvgIpc) is 3.41. The fourth-order valence-corrected chi connectivity index (χ4v) is 4.42. The van der Waals surface area contributed by atoms with Gasteiger partial charge in [0, 0.05) is 30.1 Å². The summed E-state index contributed by atoms with van der Waals surface area (Å²) in [7, 11) is 0. The lowest BCUT2D eigenvalue weighted by Gasteiger charge is -2.32. The van der Waals surface area contributed by atoms with Gasteiger partial charge in [-0.25, -0.2) is 14.5 Å². The molecule has 34 heavy (non-hydrogen) atoms. The first-order valence-corrected chi connectivity index (χ1v) is 11.8. The molecule has 0 spiro atoms. The minimum absolute atomic E-state index is 0.0664. The Kier molecular flexibility index (Phi) is 7.74. The molecule has 3 rings (SSSR count). The summed E-state index contributed by atoms with van der Waals surface area (Å²) in [6.07, 6.45) is -0.684. The van der Waals surface area contributed by atoms with Gasteiger partial charge in [0.2, 0.25) is 5.88 Å². The molecule has 11 heteroatoms. The van der Waals surface area contributed by atoms with E-state index in [0.29, 0.717) is 24.7 Å². The normalized spacial score (nSPS) is 16.7. The molecule has 0 aromatic carbocycles. The lowest BCUT2D eigenvalue weighted by molar-refractivity contribution is -0.190. The molecule has 1 aliphatic carbocycles. The number of halogens is 3. The van der Waals surface area contributed by atoms with Crippen LogP contribution in [0.3, 0.4) is 0 Å². The molecule has 0 saturated heterocycles. The maximum Gasteiger partial charge on any atom is 0.394 e. The number of rotatable bonds is 12. The van der Waals surface area contributed by atoms with E-state index in [0.717, 1.165) is 12.8 Å². The summed E-state index contributed by atoms with van der Waals surface area (Å²) in [5, 5.41) is 14.0. The minimum atomic E-state index is -4.21. The molecule has 1 saturated carbocycles. The number of ether oxygens (including phenoxy) is 1. The first kappa shape index (κ1) is 26.2. The zero-order valence-corrected chi connectivity index (χ0v) is 20.5. The third-order valence-corrected chi connectivity index (χ3v) is 6.54. The molecule has 0 unspecified atom stereocenters. The van der Waals surface area contributed by atoms with Crippen molar-refractivity contribution in [2.45, 2.75) is 63.8 Å². The Morgan fingerprint density at radius 3 is 2.56 bits per heavy atom. The summed E-state index contributed by atoms with van der Waals surface area (Å²) in [5.41, 5.74) is -1.56. The van der Waals surface area contributed by atoms with E-state index in [1.165, 1.54) is 16.8 Å². The highest BCUT2D eigenvalue weighted by Crippen LogP contribution is 2.59. The monoisotopic (exact) mass is 500 g/mol. The first-order valence-electron chi connectivity index (χ1n) is 11.4. The summed E-state index contributed by atoms with van der Waals surface area (Å²) < 4.78 is 45.8. The van der Waals surface area contributed by atoms with Gasteiger partial charge >= 0.3 is 12.1 Å². The van der Waals surface area contributed by atoms with E-state index in [9.17, 15) is 23.1 Å². The smallest absolute Gasteiger partial charge is 0.394 e. The number of alkyl halides is 3. The van der Waals surface area contributed by atoms with Gasteiger partial charge in [0.05, 0.1) is 12.0 Å². The average molecular weight is 501 g/mol. The summed E-state index contributed by atoms with van der Waals surface area (Å²) >= 11 is 4.75. The molecule has 0 radical (unpaired) electrons. The molecule has 2 aromatic heterocycles. The van der Waals surface area contributed by atoms with Gasteiger partial charge in [0.1, 0.15) is 11.4 Å². The number of aromatic nitrogens is 3. The topological polar surface area (TPSA) is 80.5 Å². The van der Waals surface area contributed by atoms with Crippen LogP contribution in [0.25, 0.3) is 5.82 Å². The Hall–Kier alpha value is -2.43. The lowest BCUT2D eigenvalue weighted by atomic mass is 10.0. The summed E-state index contributed by atoms with van der Waals surface area (Å²) in [4.78, 5) is 18.3. The van der Waals surface area contributed by atoms with Gasteiger partial charge in [-0.3, -0.25) is 0 Å². The molecule has 1 aliphatic rings. The molecular weight excluding hydrogens is 469 g/mol. The van der Waals surface area contributed by atoms with Gasteiger partial charge in [0.25, 0.3) is 0 Å². The van der Waals surface area contributed by atoms with Crippen molar-refractivity contribution in [1.82, 2.24) is 14.8 Å². The molecule has 1 atom stereocenters. The van der Waals surface area contributed by atoms with Crippen LogP contribution in [-0.2, 0) is 0 Å². The number of aromatic carboxylic acids is 1. The number of thiol groups is 1. The Morgan fingerprint density at radius 1 is 1.29 bits per heavy atom. The predicted molar refractivity (Wildman–Crippen MR) is 126 cm³/mol.